The van der Waals surface area contributed by atoms with Crippen LogP contribution in [0.3, 0.4) is 0 Å². The second kappa shape index (κ2) is 13.1. The van der Waals surface area contributed by atoms with Gasteiger partial charge in [0.05, 0.1) is 0 Å². The number of benzene rings is 2. The van der Waals surface area contributed by atoms with E-state index >= 15 is 0 Å². The Bertz CT molecular complexity index is 756. The van der Waals surface area contributed by atoms with Crippen molar-refractivity contribution < 1.29 is 20.4 Å². The van der Waals surface area contributed by atoms with Crippen molar-refractivity contribution in [2.45, 2.75) is 58.8 Å². The molecule has 0 fully saturated rings. The molecule has 31 heavy (non-hydrogen) atoms. The van der Waals surface area contributed by atoms with Crippen LogP contribution in [0, 0.1) is 0 Å². The van der Waals surface area contributed by atoms with Crippen molar-refractivity contribution in [3.63, 3.8) is 0 Å². The van der Waals surface area contributed by atoms with E-state index in [9.17, 15) is 20.4 Å². The third kappa shape index (κ3) is 7.33. The summed E-state index contributed by atoms with van der Waals surface area (Å²) >= 11 is 0. The maximum absolute atomic E-state index is 9.96. The lowest BCUT2D eigenvalue weighted by atomic mass is 10.0. The summed E-state index contributed by atoms with van der Waals surface area (Å²) < 4.78 is 0. The molecular formula is C25H38N2O4. The van der Waals surface area contributed by atoms with Gasteiger partial charge in [0, 0.05) is 11.1 Å². The molecule has 0 atom stereocenters. The molecule has 0 bridgehead atoms. The largest absolute Gasteiger partial charge is 0.504 e. The molecular weight excluding hydrogens is 392 g/mol. The van der Waals surface area contributed by atoms with Crippen molar-refractivity contribution in [3.8, 4) is 23.0 Å². The van der Waals surface area contributed by atoms with Gasteiger partial charge in [-0.1, -0.05) is 32.4 Å². The Kier molecular flexibility index (Phi) is 10.5. The average molecular weight is 431 g/mol. The standard InChI is InChI=1S/C25H38N2O4/c1-3-20-18(8-10-22(28)24(20)30)12-16-26-14-6-5-7-15-27-17-13-19-9-11-23(29)25(31)21(19)4-2/h8-11,26-31H,3-7,12-17H2,1-2H3. The highest BCUT2D eigenvalue weighted by molar-refractivity contribution is 5.49. The fourth-order valence-corrected chi connectivity index (χ4v) is 3.96. The fraction of sp³-hybridized carbons (Fsp3) is 0.520. The molecule has 2 aromatic carbocycles. The molecule has 6 N–H and O–H groups in total. The van der Waals surface area contributed by atoms with Crippen molar-refractivity contribution in [2.75, 3.05) is 26.2 Å². The molecule has 0 radical (unpaired) electrons. The van der Waals surface area contributed by atoms with E-state index in [1.54, 1.807) is 12.1 Å². The number of rotatable bonds is 14. The van der Waals surface area contributed by atoms with Crippen LogP contribution in [-0.4, -0.2) is 46.6 Å². The van der Waals surface area contributed by atoms with Crippen LogP contribution in [0.1, 0.15) is 55.4 Å². The molecule has 6 heteroatoms. The van der Waals surface area contributed by atoms with E-state index in [1.807, 2.05) is 26.0 Å². The van der Waals surface area contributed by atoms with Crippen LogP contribution in [0.25, 0.3) is 0 Å². The molecule has 172 valence electrons. The number of phenolic OH excluding ortho intramolecular Hbond substituents is 4. The molecule has 0 aliphatic heterocycles. The summed E-state index contributed by atoms with van der Waals surface area (Å²) in [5.74, 6) is -0.0652. The summed E-state index contributed by atoms with van der Waals surface area (Å²) in [5.41, 5.74) is 3.84. The van der Waals surface area contributed by atoms with Gasteiger partial charge in [-0.25, -0.2) is 0 Å². The van der Waals surface area contributed by atoms with E-state index in [4.69, 9.17) is 0 Å². The second-order valence-electron chi connectivity index (χ2n) is 7.91. The number of hydrogen-bond acceptors (Lipinski definition) is 6. The predicted octanol–water partition coefficient (Wildman–Crippen LogP) is 3.77. The number of phenols is 4. The summed E-state index contributed by atoms with van der Waals surface area (Å²) in [4.78, 5) is 0. The Balaban J connectivity index is 1.53. The van der Waals surface area contributed by atoms with Crippen LogP contribution in [0.2, 0.25) is 0 Å². The first-order chi connectivity index (χ1) is 15.0. The van der Waals surface area contributed by atoms with Crippen molar-refractivity contribution in [1.29, 1.82) is 0 Å². The highest BCUT2D eigenvalue weighted by Crippen LogP contribution is 2.32. The summed E-state index contributed by atoms with van der Waals surface area (Å²) in [6.07, 6.45) is 6.48. The Labute approximate surface area is 186 Å². The SMILES string of the molecule is CCc1c(CCNCCCCCNCCc2ccc(O)c(O)c2CC)ccc(O)c1O. The lowest BCUT2D eigenvalue weighted by Crippen LogP contribution is -2.21. The maximum Gasteiger partial charge on any atom is 0.160 e. The van der Waals surface area contributed by atoms with Crippen molar-refractivity contribution in [2.24, 2.45) is 0 Å². The minimum atomic E-state index is -0.0471. The normalized spacial score (nSPS) is 11.2. The van der Waals surface area contributed by atoms with Crippen molar-refractivity contribution >= 4 is 0 Å². The first kappa shape index (κ1) is 24.8. The fourth-order valence-electron chi connectivity index (χ4n) is 3.96. The zero-order valence-electron chi connectivity index (χ0n) is 18.9. The van der Waals surface area contributed by atoms with Gasteiger partial charge in [0.2, 0.25) is 0 Å². The first-order valence-electron chi connectivity index (χ1n) is 11.5. The molecule has 0 spiro atoms. The lowest BCUT2D eigenvalue weighted by Gasteiger charge is -2.12. The molecule has 0 unspecified atom stereocenters. The van der Waals surface area contributed by atoms with Crippen LogP contribution in [0.4, 0.5) is 0 Å². The topological polar surface area (TPSA) is 105 Å². The number of hydrogen-bond donors (Lipinski definition) is 6. The van der Waals surface area contributed by atoms with Gasteiger partial charge in [0.15, 0.2) is 23.0 Å². The second-order valence-corrected chi connectivity index (χ2v) is 7.91. The highest BCUT2D eigenvalue weighted by Gasteiger charge is 2.11. The van der Waals surface area contributed by atoms with Gasteiger partial charge in [0.1, 0.15) is 0 Å². The van der Waals surface area contributed by atoms with E-state index in [0.717, 1.165) is 80.5 Å². The molecule has 0 saturated heterocycles. The molecule has 0 heterocycles. The lowest BCUT2D eigenvalue weighted by molar-refractivity contribution is 0.399. The Morgan fingerprint density at radius 2 is 1.00 bits per heavy atom. The maximum atomic E-state index is 9.96. The predicted molar refractivity (Wildman–Crippen MR) is 125 cm³/mol. The molecule has 0 aromatic heterocycles. The van der Waals surface area contributed by atoms with Crippen LogP contribution >= 0.6 is 0 Å². The van der Waals surface area contributed by atoms with E-state index in [2.05, 4.69) is 10.6 Å². The molecule has 0 saturated carbocycles. The van der Waals surface area contributed by atoms with E-state index in [-0.39, 0.29) is 23.0 Å². The minimum Gasteiger partial charge on any atom is -0.504 e. The van der Waals surface area contributed by atoms with Crippen molar-refractivity contribution in [3.05, 3.63) is 46.5 Å². The Morgan fingerprint density at radius 3 is 1.39 bits per heavy atom. The number of nitrogens with one attached hydrogen (secondary N) is 2. The zero-order valence-corrected chi connectivity index (χ0v) is 18.9. The number of aromatic hydroxyl groups is 4. The van der Waals surface area contributed by atoms with Gasteiger partial charge in [-0.2, -0.15) is 0 Å². The third-order valence-electron chi connectivity index (χ3n) is 5.77. The zero-order chi connectivity index (χ0) is 22.6. The van der Waals surface area contributed by atoms with Crippen LogP contribution < -0.4 is 10.6 Å². The summed E-state index contributed by atoms with van der Waals surface area (Å²) in [5, 5.41) is 46.1. The summed E-state index contributed by atoms with van der Waals surface area (Å²) in [6, 6.07) is 6.91. The molecule has 2 rings (SSSR count). The van der Waals surface area contributed by atoms with Gasteiger partial charge >= 0.3 is 0 Å². The first-order valence-corrected chi connectivity index (χ1v) is 11.5. The highest BCUT2D eigenvalue weighted by atomic mass is 16.3. The summed E-state index contributed by atoms with van der Waals surface area (Å²) in [6.45, 7) is 7.62. The average Bonchev–Trinajstić information content (AvgIpc) is 2.77. The van der Waals surface area contributed by atoms with E-state index in [0.29, 0.717) is 12.8 Å². The quantitative estimate of drug-likeness (QED) is 0.201. The van der Waals surface area contributed by atoms with Gasteiger partial charge in [-0.15, -0.1) is 0 Å². The molecule has 0 aliphatic rings. The van der Waals surface area contributed by atoms with Gasteiger partial charge in [-0.3, -0.25) is 0 Å². The molecule has 6 nitrogen and oxygen atoms in total. The smallest absolute Gasteiger partial charge is 0.160 e. The van der Waals surface area contributed by atoms with Crippen molar-refractivity contribution in [1.82, 2.24) is 10.6 Å². The van der Waals surface area contributed by atoms with Gasteiger partial charge in [-0.05, 0) is 88.0 Å². The molecule has 0 amide bonds. The molecule has 0 aliphatic carbocycles. The van der Waals surface area contributed by atoms with Gasteiger partial charge in [0.25, 0.3) is 0 Å². The Morgan fingerprint density at radius 1 is 0.581 bits per heavy atom. The Hall–Kier alpha value is -2.44. The minimum absolute atomic E-state index is 0.0145. The molecule has 2 aromatic rings. The monoisotopic (exact) mass is 430 g/mol. The van der Waals surface area contributed by atoms with Crippen LogP contribution in [-0.2, 0) is 25.7 Å². The number of unbranched alkanes of at least 4 members (excludes halogenated alkanes) is 2. The van der Waals surface area contributed by atoms with E-state index < -0.39 is 0 Å². The summed E-state index contributed by atoms with van der Waals surface area (Å²) in [7, 11) is 0. The van der Waals surface area contributed by atoms with Crippen LogP contribution in [0.5, 0.6) is 23.0 Å². The third-order valence-corrected chi connectivity index (χ3v) is 5.77. The van der Waals surface area contributed by atoms with Gasteiger partial charge < -0.3 is 31.1 Å². The van der Waals surface area contributed by atoms with Crippen LogP contribution in [0.15, 0.2) is 24.3 Å². The van der Waals surface area contributed by atoms with E-state index in [1.165, 1.54) is 0 Å².